The molecule has 0 N–H and O–H groups in total. The Hall–Kier alpha value is -1.30. The van der Waals surface area contributed by atoms with Gasteiger partial charge in [-0.1, -0.05) is 0 Å². The van der Waals surface area contributed by atoms with Crippen LogP contribution in [0.15, 0.2) is 0 Å². The highest BCUT2D eigenvalue weighted by Crippen LogP contribution is 1.85. The van der Waals surface area contributed by atoms with E-state index < -0.39 is 11.9 Å². The van der Waals surface area contributed by atoms with Crippen LogP contribution in [0.4, 0.5) is 0 Å². The van der Waals surface area contributed by atoms with Crippen molar-refractivity contribution in [1.29, 1.82) is 0 Å². The number of hydrogen-bond donors (Lipinski definition) is 0. The molecule has 0 aromatic rings. The predicted molar refractivity (Wildman–Crippen MR) is 88.9 cm³/mol. The van der Waals surface area contributed by atoms with Crippen LogP contribution in [0.2, 0.25) is 0 Å². The van der Waals surface area contributed by atoms with E-state index in [0.29, 0.717) is 66.1 Å². The third-order valence-corrected chi connectivity index (χ3v) is 2.76. The Kier molecular flexibility index (Phi) is 19.0. The summed E-state index contributed by atoms with van der Waals surface area (Å²) in [6.07, 6.45) is 0. The zero-order chi connectivity index (χ0) is 19.3. The Morgan fingerprint density at radius 1 is 0.462 bits per heavy atom. The van der Waals surface area contributed by atoms with E-state index in [4.69, 9.17) is 28.4 Å². The molecular formula is C16H30O10. The van der Waals surface area contributed by atoms with Gasteiger partial charge in [0.05, 0.1) is 80.3 Å². The van der Waals surface area contributed by atoms with E-state index in [1.165, 1.54) is 14.2 Å². The van der Waals surface area contributed by atoms with Crippen molar-refractivity contribution >= 4 is 11.9 Å². The van der Waals surface area contributed by atoms with Gasteiger partial charge < -0.3 is 37.9 Å². The summed E-state index contributed by atoms with van der Waals surface area (Å²) in [7, 11) is 2.61. The fraction of sp³-hybridized carbons (Fsp3) is 0.875. The van der Waals surface area contributed by atoms with Gasteiger partial charge >= 0.3 is 11.9 Å². The third-order valence-electron chi connectivity index (χ3n) is 2.76. The second-order valence-electron chi connectivity index (χ2n) is 4.71. The summed E-state index contributed by atoms with van der Waals surface area (Å²) in [5.74, 6) is -0.823. The molecule has 0 amide bonds. The molecule has 0 bridgehead atoms. The standard InChI is InChI=1S/C16H30O10/c1-19-15(17)13-25-11-9-23-7-5-21-3-4-22-6-8-24-10-12-26-14-16(18)20-2/h3-14H2,1-2H3. The summed E-state index contributed by atoms with van der Waals surface area (Å²) >= 11 is 0. The number of carbonyl (C=O) groups excluding carboxylic acids is 2. The highest BCUT2D eigenvalue weighted by molar-refractivity contribution is 5.70. The van der Waals surface area contributed by atoms with Gasteiger partial charge in [0.25, 0.3) is 0 Å². The van der Waals surface area contributed by atoms with Crippen LogP contribution < -0.4 is 0 Å². The van der Waals surface area contributed by atoms with E-state index in [0.717, 1.165) is 0 Å². The van der Waals surface area contributed by atoms with Crippen LogP contribution in [0.1, 0.15) is 0 Å². The molecule has 0 aromatic heterocycles. The quantitative estimate of drug-likeness (QED) is 0.213. The van der Waals surface area contributed by atoms with Gasteiger partial charge in [-0.25, -0.2) is 9.59 Å². The van der Waals surface area contributed by atoms with Crippen molar-refractivity contribution < 1.29 is 47.5 Å². The predicted octanol–water partition coefficient (Wildman–Crippen LogP) is -0.568. The summed E-state index contributed by atoms with van der Waals surface area (Å²) in [5.41, 5.74) is 0. The van der Waals surface area contributed by atoms with Gasteiger partial charge in [0.2, 0.25) is 0 Å². The average molecular weight is 382 g/mol. The molecule has 0 unspecified atom stereocenters. The van der Waals surface area contributed by atoms with Crippen molar-refractivity contribution in [3.63, 3.8) is 0 Å². The van der Waals surface area contributed by atoms with Gasteiger partial charge in [-0.2, -0.15) is 0 Å². The summed E-state index contributed by atoms with van der Waals surface area (Å²) in [4.78, 5) is 21.5. The lowest BCUT2D eigenvalue weighted by atomic mass is 10.6. The van der Waals surface area contributed by atoms with Crippen molar-refractivity contribution in [1.82, 2.24) is 0 Å². The lowest BCUT2D eigenvalue weighted by molar-refractivity contribution is -0.147. The molecule has 0 radical (unpaired) electrons. The number of methoxy groups -OCH3 is 2. The van der Waals surface area contributed by atoms with Crippen molar-refractivity contribution in [2.75, 3.05) is 93.5 Å². The molecule has 0 aliphatic rings. The first-order chi connectivity index (χ1) is 12.7. The van der Waals surface area contributed by atoms with Gasteiger partial charge in [0, 0.05) is 0 Å². The Bertz CT molecular complexity index is 305. The lowest BCUT2D eigenvalue weighted by Gasteiger charge is -2.08. The second-order valence-corrected chi connectivity index (χ2v) is 4.71. The first kappa shape index (κ1) is 24.7. The summed E-state index contributed by atoms with van der Waals surface area (Å²) in [5, 5.41) is 0. The largest absolute Gasteiger partial charge is 0.467 e. The van der Waals surface area contributed by atoms with Gasteiger partial charge in [-0.15, -0.1) is 0 Å². The molecule has 0 rings (SSSR count). The Labute approximate surface area is 153 Å². The number of hydrogen-bond acceptors (Lipinski definition) is 10. The van der Waals surface area contributed by atoms with Crippen LogP contribution >= 0.6 is 0 Å². The second kappa shape index (κ2) is 20.0. The molecule has 0 fully saturated rings. The van der Waals surface area contributed by atoms with E-state index in [9.17, 15) is 9.59 Å². The number of esters is 2. The number of carbonyl (C=O) groups is 2. The van der Waals surface area contributed by atoms with Crippen molar-refractivity contribution in [3.05, 3.63) is 0 Å². The molecular weight excluding hydrogens is 352 g/mol. The smallest absolute Gasteiger partial charge is 0.331 e. The number of ether oxygens (including phenoxy) is 8. The molecule has 0 heterocycles. The number of rotatable bonds is 19. The van der Waals surface area contributed by atoms with E-state index in [1.54, 1.807) is 0 Å². The maximum Gasteiger partial charge on any atom is 0.331 e. The summed E-state index contributed by atoms with van der Waals surface area (Å²) in [6, 6.07) is 0. The fourth-order valence-corrected chi connectivity index (χ4v) is 1.43. The Morgan fingerprint density at radius 2 is 0.692 bits per heavy atom. The van der Waals surface area contributed by atoms with Crippen molar-refractivity contribution in [2.45, 2.75) is 0 Å². The van der Waals surface area contributed by atoms with Crippen LogP contribution in [-0.4, -0.2) is 105 Å². The molecule has 0 spiro atoms. The van der Waals surface area contributed by atoms with Crippen molar-refractivity contribution in [3.8, 4) is 0 Å². The molecule has 0 saturated carbocycles. The third kappa shape index (κ3) is 19.0. The van der Waals surface area contributed by atoms with Crippen molar-refractivity contribution in [2.24, 2.45) is 0 Å². The normalized spacial score (nSPS) is 10.7. The van der Waals surface area contributed by atoms with E-state index in [-0.39, 0.29) is 13.2 Å². The lowest BCUT2D eigenvalue weighted by Crippen LogP contribution is -2.16. The van der Waals surface area contributed by atoms with E-state index in [1.807, 2.05) is 0 Å². The molecule has 0 aromatic carbocycles. The first-order valence-electron chi connectivity index (χ1n) is 8.30. The molecule has 0 saturated heterocycles. The van der Waals surface area contributed by atoms with Crippen LogP contribution in [0.5, 0.6) is 0 Å². The Balaban J connectivity index is 3.05. The highest BCUT2D eigenvalue weighted by Gasteiger charge is 2.00. The molecule has 10 nitrogen and oxygen atoms in total. The van der Waals surface area contributed by atoms with Crippen LogP contribution in [-0.2, 0) is 47.5 Å². The van der Waals surface area contributed by atoms with Gasteiger partial charge in [-0.3, -0.25) is 0 Å². The summed E-state index contributed by atoms with van der Waals surface area (Å²) < 4.78 is 40.0. The molecule has 0 aliphatic carbocycles. The molecule has 0 aliphatic heterocycles. The zero-order valence-corrected chi connectivity index (χ0v) is 15.6. The van der Waals surface area contributed by atoms with Crippen LogP contribution in [0, 0.1) is 0 Å². The van der Waals surface area contributed by atoms with Gasteiger partial charge in [0.1, 0.15) is 13.2 Å². The molecule has 26 heavy (non-hydrogen) atoms. The maximum absolute atomic E-state index is 10.8. The average Bonchev–Trinajstić information content (AvgIpc) is 2.66. The minimum atomic E-state index is -0.411. The molecule has 10 heteroatoms. The Morgan fingerprint density at radius 3 is 0.923 bits per heavy atom. The van der Waals surface area contributed by atoms with E-state index >= 15 is 0 Å². The van der Waals surface area contributed by atoms with Gasteiger partial charge in [-0.05, 0) is 0 Å². The minimum absolute atomic E-state index is 0.0715. The van der Waals surface area contributed by atoms with Crippen LogP contribution in [0.25, 0.3) is 0 Å². The maximum atomic E-state index is 10.8. The fourth-order valence-electron chi connectivity index (χ4n) is 1.43. The molecule has 154 valence electrons. The van der Waals surface area contributed by atoms with Gasteiger partial charge in [0.15, 0.2) is 0 Å². The van der Waals surface area contributed by atoms with E-state index in [2.05, 4.69) is 9.47 Å². The topological polar surface area (TPSA) is 108 Å². The minimum Gasteiger partial charge on any atom is -0.467 e. The SMILES string of the molecule is COC(=O)COCCOCCOCCOCCOCCOCC(=O)OC. The first-order valence-corrected chi connectivity index (χ1v) is 8.30. The highest BCUT2D eigenvalue weighted by atomic mass is 16.6. The zero-order valence-electron chi connectivity index (χ0n) is 15.6. The summed E-state index contributed by atoms with van der Waals surface area (Å²) in [6.45, 7) is 3.99. The van der Waals surface area contributed by atoms with Crippen LogP contribution in [0.3, 0.4) is 0 Å². The monoisotopic (exact) mass is 382 g/mol. The molecule has 0 atom stereocenters.